The number of hydrogen-bond donors (Lipinski definition) is 1. The molecule has 124 valence electrons. The molecule has 2 heterocycles. The van der Waals surface area contributed by atoms with E-state index in [4.69, 9.17) is 0 Å². The maximum Gasteiger partial charge on any atom is 0.294 e. The molecule has 0 aliphatic heterocycles. The molecule has 1 aliphatic carbocycles. The predicted octanol–water partition coefficient (Wildman–Crippen LogP) is 2.34. The van der Waals surface area contributed by atoms with Gasteiger partial charge in [-0.2, -0.15) is 5.10 Å². The van der Waals surface area contributed by atoms with Gasteiger partial charge in [0.2, 0.25) is 5.91 Å². The summed E-state index contributed by atoms with van der Waals surface area (Å²) < 4.78 is 2.07. The number of carbonyl (C=O) groups is 1. The normalized spacial score (nSPS) is 15.7. The van der Waals surface area contributed by atoms with Crippen LogP contribution >= 0.6 is 11.3 Å². The molecule has 23 heavy (non-hydrogen) atoms. The highest BCUT2D eigenvalue weighted by molar-refractivity contribution is 7.18. The summed E-state index contributed by atoms with van der Waals surface area (Å²) in [4.78, 5) is 29.2. The number of rotatable bonds is 4. The van der Waals surface area contributed by atoms with Crippen molar-refractivity contribution in [3.05, 3.63) is 21.1 Å². The Morgan fingerprint density at radius 2 is 2.09 bits per heavy atom. The second-order valence-electron chi connectivity index (χ2n) is 6.48. The van der Waals surface area contributed by atoms with E-state index in [9.17, 15) is 9.59 Å². The zero-order valence-electron chi connectivity index (χ0n) is 13.8. The van der Waals surface area contributed by atoms with E-state index < -0.39 is 0 Å². The zero-order chi connectivity index (χ0) is 16.6. The van der Waals surface area contributed by atoms with Gasteiger partial charge in [-0.3, -0.25) is 9.59 Å². The second kappa shape index (κ2) is 6.39. The van der Waals surface area contributed by atoms with Gasteiger partial charge >= 0.3 is 0 Å². The van der Waals surface area contributed by atoms with E-state index >= 15 is 0 Å². The van der Waals surface area contributed by atoms with Crippen LogP contribution in [0, 0.1) is 6.92 Å². The average Bonchev–Trinajstić information content (AvgIpc) is 3.13. The summed E-state index contributed by atoms with van der Waals surface area (Å²) in [5.74, 6) is 0.120. The minimum atomic E-state index is -0.282. The van der Waals surface area contributed by atoms with E-state index in [0.717, 1.165) is 41.1 Å². The smallest absolute Gasteiger partial charge is 0.294 e. The maximum absolute atomic E-state index is 12.6. The minimum absolute atomic E-state index is 0.0410. The summed E-state index contributed by atoms with van der Waals surface area (Å²) in [7, 11) is 0. The lowest BCUT2D eigenvalue weighted by molar-refractivity contribution is -0.122. The fourth-order valence-electron chi connectivity index (χ4n) is 2.95. The number of nitrogens with one attached hydrogen (secondary N) is 1. The number of thiazole rings is 1. The number of fused-ring (bicyclic) bond motifs is 1. The molecule has 0 unspecified atom stereocenters. The maximum atomic E-state index is 12.6. The fourth-order valence-corrected chi connectivity index (χ4v) is 3.95. The van der Waals surface area contributed by atoms with Crippen molar-refractivity contribution in [2.45, 2.75) is 65.0 Å². The first-order chi connectivity index (χ1) is 11.0. The molecule has 2 aromatic rings. The standard InChI is InChI=1S/C16H22N4O2S/c1-9(2)15-18-13-14(23-15)10(3)19-20(16(13)22)8-12(21)17-11-6-4-5-7-11/h9,11H,4-8H2,1-3H3,(H,17,21). The molecule has 1 amide bonds. The number of amides is 1. The van der Waals surface area contributed by atoms with E-state index in [1.165, 1.54) is 16.0 Å². The lowest BCUT2D eigenvalue weighted by Crippen LogP contribution is -2.38. The van der Waals surface area contributed by atoms with Gasteiger partial charge in [0.25, 0.3) is 5.56 Å². The fraction of sp³-hybridized carbons (Fsp3) is 0.625. The molecule has 1 fully saturated rings. The van der Waals surface area contributed by atoms with E-state index in [0.29, 0.717) is 5.52 Å². The van der Waals surface area contributed by atoms with Gasteiger partial charge < -0.3 is 5.32 Å². The number of aryl methyl sites for hydroxylation is 1. The largest absolute Gasteiger partial charge is 0.352 e. The Hall–Kier alpha value is -1.76. The van der Waals surface area contributed by atoms with Crippen LogP contribution in [0.2, 0.25) is 0 Å². The lowest BCUT2D eigenvalue weighted by atomic mass is 10.2. The lowest BCUT2D eigenvalue weighted by Gasteiger charge is -2.12. The SMILES string of the molecule is Cc1nn(CC(=O)NC2CCCC2)c(=O)c2nc(C(C)C)sc12. The molecule has 0 atom stereocenters. The van der Waals surface area contributed by atoms with Gasteiger partial charge in [-0.15, -0.1) is 11.3 Å². The summed E-state index contributed by atoms with van der Waals surface area (Å²) in [6, 6.07) is 0.245. The monoisotopic (exact) mass is 334 g/mol. The quantitative estimate of drug-likeness (QED) is 0.931. The molecule has 0 aromatic carbocycles. The average molecular weight is 334 g/mol. The van der Waals surface area contributed by atoms with Crippen molar-refractivity contribution in [3.8, 4) is 0 Å². The Bertz CT molecular complexity index is 787. The van der Waals surface area contributed by atoms with Crippen molar-refractivity contribution >= 4 is 27.5 Å². The van der Waals surface area contributed by atoms with Gasteiger partial charge in [0, 0.05) is 12.0 Å². The van der Waals surface area contributed by atoms with Crippen molar-refractivity contribution in [2.24, 2.45) is 0 Å². The number of hydrogen-bond acceptors (Lipinski definition) is 5. The summed E-state index contributed by atoms with van der Waals surface area (Å²) >= 11 is 1.51. The first-order valence-corrected chi connectivity index (χ1v) is 8.95. The van der Waals surface area contributed by atoms with Gasteiger partial charge in [-0.25, -0.2) is 9.67 Å². The van der Waals surface area contributed by atoms with Crippen molar-refractivity contribution < 1.29 is 4.79 Å². The third-order valence-corrected chi connectivity index (χ3v) is 5.65. The van der Waals surface area contributed by atoms with E-state index in [2.05, 4.69) is 15.4 Å². The summed E-state index contributed by atoms with van der Waals surface area (Å²) in [6.45, 7) is 5.91. The molecule has 1 aliphatic rings. The van der Waals surface area contributed by atoms with Crippen molar-refractivity contribution in [2.75, 3.05) is 0 Å². The Kier molecular flexibility index (Phi) is 4.48. The molecular formula is C16H22N4O2S. The summed E-state index contributed by atoms with van der Waals surface area (Å²) in [5, 5.41) is 8.22. The topological polar surface area (TPSA) is 76.9 Å². The Morgan fingerprint density at radius 1 is 1.39 bits per heavy atom. The second-order valence-corrected chi connectivity index (χ2v) is 7.51. The molecule has 7 heteroatoms. The van der Waals surface area contributed by atoms with Crippen LogP contribution in [-0.2, 0) is 11.3 Å². The van der Waals surface area contributed by atoms with E-state index in [1.807, 2.05) is 20.8 Å². The van der Waals surface area contributed by atoms with Crippen molar-refractivity contribution in [1.29, 1.82) is 0 Å². The van der Waals surface area contributed by atoms with Crippen LogP contribution < -0.4 is 10.9 Å². The molecule has 0 radical (unpaired) electrons. The van der Waals surface area contributed by atoms with Crippen LogP contribution in [-0.4, -0.2) is 26.7 Å². The highest BCUT2D eigenvalue weighted by Crippen LogP contribution is 2.26. The molecule has 6 nitrogen and oxygen atoms in total. The van der Waals surface area contributed by atoms with Crippen LogP contribution in [0.3, 0.4) is 0 Å². The first kappa shape index (κ1) is 16.1. The molecule has 0 spiro atoms. The van der Waals surface area contributed by atoms with Crippen molar-refractivity contribution in [1.82, 2.24) is 20.1 Å². The van der Waals surface area contributed by atoms with Crippen LogP contribution in [0.15, 0.2) is 4.79 Å². The van der Waals surface area contributed by atoms with Gasteiger partial charge in [0.1, 0.15) is 6.54 Å². The highest BCUT2D eigenvalue weighted by atomic mass is 32.1. The van der Waals surface area contributed by atoms with E-state index in [-0.39, 0.29) is 30.0 Å². The van der Waals surface area contributed by atoms with Gasteiger partial charge in [-0.1, -0.05) is 26.7 Å². The Labute approximate surface area is 138 Å². The first-order valence-electron chi connectivity index (χ1n) is 8.13. The molecule has 1 N–H and O–H groups in total. The third kappa shape index (κ3) is 3.29. The van der Waals surface area contributed by atoms with Gasteiger partial charge in [-0.05, 0) is 19.8 Å². The molecule has 3 rings (SSSR count). The van der Waals surface area contributed by atoms with Crippen LogP contribution in [0.1, 0.15) is 56.2 Å². The number of nitrogens with zero attached hydrogens (tertiary/aromatic N) is 3. The van der Waals surface area contributed by atoms with Gasteiger partial charge in [0.05, 0.1) is 15.4 Å². The number of aromatic nitrogens is 3. The van der Waals surface area contributed by atoms with Crippen LogP contribution in [0.5, 0.6) is 0 Å². The third-order valence-electron chi connectivity index (χ3n) is 4.19. The van der Waals surface area contributed by atoms with Crippen LogP contribution in [0.4, 0.5) is 0 Å². The van der Waals surface area contributed by atoms with Crippen molar-refractivity contribution in [3.63, 3.8) is 0 Å². The molecule has 1 saturated carbocycles. The van der Waals surface area contributed by atoms with E-state index in [1.54, 1.807) is 0 Å². The Balaban J connectivity index is 1.87. The Morgan fingerprint density at radius 3 is 2.74 bits per heavy atom. The van der Waals surface area contributed by atoms with Gasteiger partial charge in [0.15, 0.2) is 5.52 Å². The summed E-state index contributed by atoms with van der Waals surface area (Å²) in [6.07, 6.45) is 4.36. The number of carbonyl (C=O) groups excluding carboxylic acids is 1. The zero-order valence-corrected chi connectivity index (χ0v) is 14.6. The molecule has 0 saturated heterocycles. The molecule has 2 aromatic heterocycles. The van der Waals surface area contributed by atoms with Crippen LogP contribution in [0.25, 0.3) is 10.2 Å². The molecule has 0 bridgehead atoms. The highest BCUT2D eigenvalue weighted by Gasteiger charge is 2.20. The minimum Gasteiger partial charge on any atom is -0.352 e. The molecular weight excluding hydrogens is 312 g/mol. The predicted molar refractivity (Wildman–Crippen MR) is 90.9 cm³/mol. The summed E-state index contributed by atoms with van der Waals surface area (Å²) in [5.41, 5.74) is 0.896.